The SMILES string of the molecule is CCOC(=O)C(C(=O)OCC)=C(C)Nc1ccc(CC)c(Br)c1. The first-order valence-corrected chi connectivity index (χ1v) is 8.34. The summed E-state index contributed by atoms with van der Waals surface area (Å²) in [4.78, 5) is 24.1. The van der Waals surface area contributed by atoms with Crippen LogP contribution in [0, 0.1) is 0 Å². The second-order valence-corrected chi connectivity index (χ2v) is 5.58. The highest BCUT2D eigenvalue weighted by molar-refractivity contribution is 9.10. The van der Waals surface area contributed by atoms with Crippen LogP contribution in [0.3, 0.4) is 0 Å². The standard InChI is InChI=1S/C17H22BrNO4/c1-5-12-8-9-13(10-14(12)18)19-11(4)15(16(20)22-6-2)17(21)23-7-3/h8-10,19H,5-7H2,1-4H3. The van der Waals surface area contributed by atoms with Crippen LogP contribution in [0.1, 0.15) is 33.3 Å². The highest BCUT2D eigenvalue weighted by atomic mass is 79.9. The molecule has 126 valence electrons. The van der Waals surface area contributed by atoms with Crippen molar-refractivity contribution in [1.29, 1.82) is 0 Å². The van der Waals surface area contributed by atoms with Crippen molar-refractivity contribution in [2.75, 3.05) is 18.5 Å². The van der Waals surface area contributed by atoms with Crippen LogP contribution in [-0.4, -0.2) is 25.2 Å². The van der Waals surface area contributed by atoms with Gasteiger partial charge in [-0.25, -0.2) is 9.59 Å². The van der Waals surface area contributed by atoms with Crippen molar-refractivity contribution in [1.82, 2.24) is 0 Å². The highest BCUT2D eigenvalue weighted by Crippen LogP contribution is 2.23. The highest BCUT2D eigenvalue weighted by Gasteiger charge is 2.24. The van der Waals surface area contributed by atoms with Gasteiger partial charge in [-0.15, -0.1) is 0 Å². The first-order chi connectivity index (χ1) is 10.9. The van der Waals surface area contributed by atoms with Crippen LogP contribution < -0.4 is 5.32 Å². The lowest BCUT2D eigenvalue weighted by Crippen LogP contribution is -2.22. The quantitative estimate of drug-likeness (QED) is 0.335. The van der Waals surface area contributed by atoms with Crippen molar-refractivity contribution >= 4 is 33.6 Å². The fourth-order valence-electron chi connectivity index (χ4n) is 1.99. The number of esters is 2. The Morgan fingerprint density at radius 2 is 1.65 bits per heavy atom. The molecule has 0 heterocycles. The smallest absolute Gasteiger partial charge is 0.347 e. The number of aryl methyl sites for hydroxylation is 1. The van der Waals surface area contributed by atoms with E-state index in [1.807, 2.05) is 18.2 Å². The minimum Gasteiger partial charge on any atom is -0.462 e. The number of hydrogen-bond donors (Lipinski definition) is 1. The molecule has 0 aliphatic carbocycles. The molecule has 0 aliphatic heterocycles. The number of anilines is 1. The lowest BCUT2D eigenvalue weighted by atomic mass is 10.1. The maximum absolute atomic E-state index is 12.0. The third-order valence-corrected chi connectivity index (χ3v) is 3.84. The summed E-state index contributed by atoms with van der Waals surface area (Å²) in [6.45, 7) is 7.45. The Kier molecular flexibility index (Phi) is 7.81. The van der Waals surface area contributed by atoms with E-state index in [1.54, 1.807) is 20.8 Å². The first-order valence-electron chi connectivity index (χ1n) is 7.55. The number of ether oxygens (including phenoxy) is 2. The number of halogens is 1. The molecule has 0 aliphatic rings. The molecular formula is C17H22BrNO4. The lowest BCUT2D eigenvalue weighted by Gasteiger charge is -2.13. The van der Waals surface area contributed by atoms with Crippen LogP contribution in [0.2, 0.25) is 0 Å². The molecule has 1 aromatic rings. The van der Waals surface area contributed by atoms with Crippen molar-refractivity contribution in [3.8, 4) is 0 Å². The first kappa shape index (κ1) is 19.2. The van der Waals surface area contributed by atoms with E-state index in [1.165, 1.54) is 5.56 Å². The molecule has 0 unspecified atom stereocenters. The third-order valence-electron chi connectivity index (χ3n) is 3.10. The van der Waals surface area contributed by atoms with Gasteiger partial charge in [-0.05, 0) is 44.9 Å². The molecule has 0 atom stereocenters. The summed E-state index contributed by atoms with van der Waals surface area (Å²) in [5.41, 5.74) is 2.20. The fraction of sp³-hybridized carbons (Fsp3) is 0.412. The van der Waals surface area contributed by atoms with Gasteiger partial charge in [-0.2, -0.15) is 0 Å². The van der Waals surface area contributed by atoms with Crippen LogP contribution >= 0.6 is 15.9 Å². The summed E-state index contributed by atoms with van der Waals surface area (Å²) in [7, 11) is 0. The molecule has 0 amide bonds. The van der Waals surface area contributed by atoms with Gasteiger partial charge in [0, 0.05) is 15.9 Å². The molecule has 0 saturated carbocycles. The number of nitrogens with one attached hydrogen (secondary N) is 1. The molecule has 0 spiro atoms. The molecule has 1 aromatic carbocycles. The summed E-state index contributed by atoms with van der Waals surface area (Å²) in [6.07, 6.45) is 0.909. The van der Waals surface area contributed by atoms with Gasteiger partial charge in [0.25, 0.3) is 0 Å². The van der Waals surface area contributed by atoms with Gasteiger partial charge in [-0.3, -0.25) is 0 Å². The lowest BCUT2D eigenvalue weighted by molar-refractivity contribution is -0.146. The van der Waals surface area contributed by atoms with Crippen molar-refractivity contribution < 1.29 is 19.1 Å². The normalized spacial score (nSPS) is 9.96. The summed E-state index contributed by atoms with van der Waals surface area (Å²) in [5, 5.41) is 3.06. The summed E-state index contributed by atoms with van der Waals surface area (Å²) < 4.78 is 10.9. The number of hydrogen-bond acceptors (Lipinski definition) is 5. The van der Waals surface area contributed by atoms with E-state index < -0.39 is 11.9 Å². The number of allylic oxidation sites excluding steroid dienone is 1. The molecule has 0 bridgehead atoms. The number of carbonyl (C=O) groups is 2. The van der Waals surface area contributed by atoms with Crippen molar-refractivity contribution in [2.45, 2.75) is 34.1 Å². The van der Waals surface area contributed by atoms with Crippen LogP contribution in [0.15, 0.2) is 33.9 Å². The molecule has 0 radical (unpaired) electrons. The van der Waals surface area contributed by atoms with E-state index in [-0.39, 0.29) is 18.8 Å². The van der Waals surface area contributed by atoms with E-state index in [9.17, 15) is 9.59 Å². The zero-order chi connectivity index (χ0) is 17.4. The topological polar surface area (TPSA) is 64.6 Å². The van der Waals surface area contributed by atoms with Crippen molar-refractivity contribution in [3.05, 3.63) is 39.5 Å². The van der Waals surface area contributed by atoms with Crippen LogP contribution in [0.25, 0.3) is 0 Å². The molecule has 6 heteroatoms. The van der Waals surface area contributed by atoms with Crippen LogP contribution in [0.5, 0.6) is 0 Å². The van der Waals surface area contributed by atoms with Crippen molar-refractivity contribution in [2.24, 2.45) is 0 Å². The van der Waals surface area contributed by atoms with Gasteiger partial charge in [0.2, 0.25) is 0 Å². The molecule has 23 heavy (non-hydrogen) atoms. The third kappa shape index (κ3) is 5.39. The average Bonchev–Trinajstić information content (AvgIpc) is 2.48. The van der Waals surface area contributed by atoms with Gasteiger partial charge in [0.15, 0.2) is 5.57 Å². The summed E-state index contributed by atoms with van der Waals surface area (Å²) >= 11 is 3.50. The Hall–Kier alpha value is -1.82. The fourth-order valence-corrected chi connectivity index (χ4v) is 2.65. The van der Waals surface area contributed by atoms with Gasteiger partial charge in [-0.1, -0.05) is 28.9 Å². The number of rotatable bonds is 7. The Morgan fingerprint density at radius 3 is 2.09 bits per heavy atom. The predicted octanol–water partition coefficient (Wildman–Crippen LogP) is 3.82. The van der Waals surface area contributed by atoms with E-state index in [4.69, 9.17) is 9.47 Å². The van der Waals surface area contributed by atoms with Crippen LogP contribution in [0.4, 0.5) is 5.69 Å². The average molecular weight is 384 g/mol. The van der Waals surface area contributed by atoms with Gasteiger partial charge >= 0.3 is 11.9 Å². The van der Waals surface area contributed by atoms with E-state index in [2.05, 4.69) is 28.2 Å². The Morgan fingerprint density at radius 1 is 1.09 bits per heavy atom. The Labute approximate surface area is 145 Å². The van der Waals surface area contributed by atoms with E-state index in [0.29, 0.717) is 5.70 Å². The molecule has 1 N–H and O–H groups in total. The number of benzene rings is 1. The van der Waals surface area contributed by atoms with E-state index in [0.717, 1.165) is 16.6 Å². The van der Waals surface area contributed by atoms with Gasteiger partial charge in [0.05, 0.1) is 13.2 Å². The zero-order valence-electron chi connectivity index (χ0n) is 13.9. The summed E-state index contributed by atoms with van der Waals surface area (Å²) in [5.74, 6) is -1.39. The maximum Gasteiger partial charge on any atom is 0.347 e. The largest absolute Gasteiger partial charge is 0.462 e. The van der Waals surface area contributed by atoms with E-state index >= 15 is 0 Å². The van der Waals surface area contributed by atoms with Crippen molar-refractivity contribution in [3.63, 3.8) is 0 Å². The minimum absolute atomic E-state index is 0.121. The van der Waals surface area contributed by atoms with Gasteiger partial charge < -0.3 is 14.8 Å². The maximum atomic E-state index is 12.0. The predicted molar refractivity (Wildman–Crippen MR) is 93.1 cm³/mol. The second-order valence-electron chi connectivity index (χ2n) is 4.73. The molecule has 0 fully saturated rings. The minimum atomic E-state index is -0.694. The molecule has 1 rings (SSSR count). The van der Waals surface area contributed by atoms with Crippen LogP contribution in [-0.2, 0) is 25.5 Å². The Bertz CT molecular complexity index is 591. The Balaban J connectivity index is 3.12. The van der Waals surface area contributed by atoms with Gasteiger partial charge in [0.1, 0.15) is 0 Å². The zero-order valence-corrected chi connectivity index (χ0v) is 15.5. The molecule has 5 nitrogen and oxygen atoms in total. The molecular weight excluding hydrogens is 362 g/mol. The monoisotopic (exact) mass is 383 g/mol. The summed E-state index contributed by atoms with van der Waals surface area (Å²) in [6, 6.07) is 5.77. The number of carbonyl (C=O) groups excluding carboxylic acids is 2. The second kappa shape index (κ2) is 9.35. The molecule has 0 saturated heterocycles. The molecule has 0 aromatic heterocycles.